The lowest BCUT2D eigenvalue weighted by Crippen LogP contribution is -2.64. The van der Waals surface area contributed by atoms with E-state index in [-0.39, 0.29) is 18.5 Å². The highest BCUT2D eigenvalue weighted by atomic mass is 16.5. The van der Waals surface area contributed by atoms with E-state index in [9.17, 15) is 14.4 Å². The summed E-state index contributed by atoms with van der Waals surface area (Å²) in [5.74, 6) is -0.0425. The van der Waals surface area contributed by atoms with Gasteiger partial charge in [-0.15, -0.1) is 10.1 Å². The second-order valence-electron chi connectivity index (χ2n) is 6.46. The first-order chi connectivity index (χ1) is 12.3. The molecule has 0 radical (unpaired) electrons. The van der Waals surface area contributed by atoms with Crippen molar-refractivity contribution in [3.63, 3.8) is 0 Å². The molecular weight excluding hydrogens is 340 g/mol. The number of amides is 3. The normalized spacial score (nSPS) is 25.2. The molecule has 0 N–H and O–H groups in total. The van der Waals surface area contributed by atoms with Gasteiger partial charge < -0.3 is 4.74 Å². The molecule has 0 aromatic heterocycles. The average Bonchev–Trinajstić information content (AvgIpc) is 3.02. The number of urea groups is 1. The molecule has 0 aliphatic carbocycles. The first-order valence-electron chi connectivity index (χ1n) is 8.54. The summed E-state index contributed by atoms with van der Waals surface area (Å²) < 4.78 is 6.53. The molecule has 1 fully saturated rings. The summed E-state index contributed by atoms with van der Waals surface area (Å²) in [5, 5.41) is 5.83. The lowest BCUT2D eigenvalue weighted by atomic mass is 10.1. The van der Waals surface area contributed by atoms with Gasteiger partial charge in [-0.2, -0.15) is 0 Å². The molecule has 3 rings (SSSR count). The highest BCUT2D eigenvalue weighted by Gasteiger charge is 2.56. The quantitative estimate of drug-likeness (QED) is 0.504. The van der Waals surface area contributed by atoms with Crippen LogP contribution in [0.4, 0.5) is 4.79 Å². The number of imide groups is 1. The fourth-order valence-corrected chi connectivity index (χ4v) is 3.30. The number of carbonyl (C=O) groups excluding carboxylic acids is 3. The second kappa shape index (κ2) is 6.50. The Morgan fingerprint density at radius 1 is 1.35 bits per heavy atom. The molecule has 10 nitrogen and oxygen atoms in total. The van der Waals surface area contributed by atoms with Gasteiger partial charge in [0.25, 0.3) is 5.91 Å². The van der Waals surface area contributed by atoms with Crippen molar-refractivity contribution in [2.45, 2.75) is 39.3 Å². The maximum absolute atomic E-state index is 13.0. The molecule has 26 heavy (non-hydrogen) atoms. The van der Waals surface area contributed by atoms with E-state index in [0.29, 0.717) is 24.8 Å². The van der Waals surface area contributed by atoms with Gasteiger partial charge in [0.05, 0.1) is 12.8 Å². The number of amidine groups is 1. The minimum Gasteiger partial charge on any atom is -0.467 e. The van der Waals surface area contributed by atoms with Gasteiger partial charge in [-0.3, -0.25) is 14.6 Å². The van der Waals surface area contributed by atoms with Crippen LogP contribution in [-0.4, -0.2) is 94.1 Å². The van der Waals surface area contributed by atoms with Crippen LogP contribution < -0.4 is 0 Å². The van der Waals surface area contributed by atoms with Crippen molar-refractivity contribution in [2.24, 2.45) is 10.1 Å². The van der Waals surface area contributed by atoms with Crippen LogP contribution in [0.5, 0.6) is 0 Å². The molecule has 0 saturated carbocycles. The zero-order chi connectivity index (χ0) is 19.2. The first kappa shape index (κ1) is 18.0. The van der Waals surface area contributed by atoms with Crippen molar-refractivity contribution in [3.05, 3.63) is 0 Å². The van der Waals surface area contributed by atoms with Crippen LogP contribution in [0.1, 0.15) is 27.2 Å². The van der Waals surface area contributed by atoms with Gasteiger partial charge in [0.2, 0.25) is 11.9 Å². The van der Waals surface area contributed by atoms with Crippen LogP contribution in [-0.2, 0) is 14.3 Å². The van der Waals surface area contributed by atoms with E-state index in [1.54, 1.807) is 7.05 Å². The van der Waals surface area contributed by atoms with Crippen LogP contribution >= 0.6 is 0 Å². The van der Waals surface area contributed by atoms with Crippen molar-refractivity contribution in [1.29, 1.82) is 0 Å². The summed E-state index contributed by atoms with van der Waals surface area (Å²) in [4.78, 5) is 44.4. The number of fused-ring (bicyclic) bond motifs is 2. The molecule has 0 aromatic carbocycles. The summed E-state index contributed by atoms with van der Waals surface area (Å²) in [6, 6.07) is -1.30. The fraction of sp³-hybridized carbons (Fsp3) is 0.625. The topological polar surface area (TPSA) is 97.9 Å². The number of carbonyl (C=O) groups is 3. The van der Waals surface area contributed by atoms with E-state index in [1.165, 1.54) is 21.9 Å². The minimum absolute atomic E-state index is 0.125. The maximum atomic E-state index is 13.0. The van der Waals surface area contributed by atoms with E-state index in [4.69, 9.17) is 4.74 Å². The van der Waals surface area contributed by atoms with Gasteiger partial charge in [-0.25, -0.2) is 14.2 Å². The van der Waals surface area contributed by atoms with Crippen LogP contribution in [0.25, 0.3) is 0 Å². The average molecular weight is 363 g/mol. The first-order valence-corrected chi connectivity index (χ1v) is 8.54. The number of guanidine groups is 1. The highest BCUT2D eigenvalue weighted by molar-refractivity contribution is 6.23. The van der Waals surface area contributed by atoms with Crippen molar-refractivity contribution >= 4 is 35.4 Å². The Kier molecular flexibility index (Phi) is 4.51. The molecule has 3 aliphatic heterocycles. The molecule has 0 aromatic rings. The van der Waals surface area contributed by atoms with Gasteiger partial charge in [0.15, 0.2) is 6.54 Å². The number of hydrazone groups is 1. The molecule has 0 bridgehead atoms. The van der Waals surface area contributed by atoms with Gasteiger partial charge in [-0.05, 0) is 20.3 Å². The number of aliphatic imine (C=N–C) groups is 1. The number of ether oxygens (including phenoxy) is 1. The van der Waals surface area contributed by atoms with Crippen molar-refractivity contribution in [3.8, 4) is 0 Å². The largest absolute Gasteiger partial charge is 0.467 e. The van der Waals surface area contributed by atoms with Crippen LogP contribution in [0, 0.1) is 0 Å². The molecule has 3 heterocycles. The van der Waals surface area contributed by atoms with Crippen LogP contribution in [0.2, 0.25) is 0 Å². The summed E-state index contributed by atoms with van der Waals surface area (Å²) in [5.41, 5.74) is 0.739. The molecule has 10 heteroatoms. The summed E-state index contributed by atoms with van der Waals surface area (Å²) in [7, 11) is 2.90. The van der Waals surface area contributed by atoms with Gasteiger partial charge in [-0.1, -0.05) is 11.9 Å². The summed E-state index contributed by atoms with van der Waals surface area (Å²) >= 11 is 0. The number of hydrogen-bond acceptors (Lipinski definition) is 7. The predicted octanol–water partition coefficient (Wildman–Crippen LogP) is -0.307. The van der Waals surface area contributed by atoms with Crippen molar-refractivity contribution in [2.75, 3.05) is 27.2 Å². The number of rotatable bonds is 4. The maximum Gasteiger partial charge on any atom is 0.417 e. The molecule has 140 valence electrons. The summed E-state index contributed by atoms with van der Waals surface area (Å²) in [6.07, 6.45) is 0.672. The van der Waals surface area contributed by atoms with Crippen molar-refractivity contribution < 1.29 is 23.7 Å². The van der Waals surface area contributed by atoms with Gasteiger partial charge in [0.1, 0.15) is 6.04 Å². The number of esters is 1. The third-order valence-corrected chi connectivity index (χ3v) is 4.81. The Balaban J connectivity index is 2.05. The van der Waals surface area contributed by atoms with E-state index in [2.05, 4.69) is 10.1 Å². The third-order valence-electron chi connectivity index (χ3n) is 4.81. The Labute approximate surface area is 151 Å². The van der Waals surface area contributed by atoms with E-state index < -0.39 is 18.0 Å². The monoisotopic (exact) mass is 363 g/mol. The van der Waals surface area contributed by atoms with Gasteiger partial charge in [0, 0.05) is 13.6 Å². The molecule has 3 amide bonds. The Hall–Kier alpha value is -2.78. The number of methoxy groups -OCH3 is 1. The standard InChI is InChI=1S/C16H23N6O4/c1-6-7-20-14(24)12-13(19(4)16(20)25)17-15-21(8-11(23)26-5)18-9(2)10(3)22(12)15/h10,12H,6-8H2,1-5H3/q+1. The summed E-state index contributed by atoms with van der Waals surface area (Å²) in [6.45, 7) is 5.88. The smallest absolute Gasteiger partial charge is 0.417 e. The molecule has 2 unspecified atom stereocenters. The van der Waals surface area contributed by atoms with Crippen LogP contribution in [0.15, 0.2) is 10.1 Å². The molecule has 3 aliphatic rings. The molecule has 0 spiro atoms. The molecule has 1 saturated heterocycles. The lowest BCUT2D eigenvalue weighted by molar-refractivity contribution is -0.559. The fourth-order valence-electron chi connectivity index (χ4n) is 3.30. The minimum atomic E-state index is -0.708. The molecule has 2 atom stereocenters. The zero-order valence-electron chi connectivity index (χ0n) is 15.6. The van der Waals surface area contributed by atoms with Gasteiger partial charge >= 0.3 is 18.0 Å². The number of hydrogen-bond donors (Lipinski definition) is 0. The highest BCUT2D eigenvalue weighted by Crippen LogP contribution is 2.25. The predicted molar refractivity (Wildman–Crippen MR) is 92.9 cm³/mol. The lowest BCUT2D eigenvalue weighted by Gasteiger charge is -2.35. The number of nitrogens with zero attached hydrogens (tertiary/aromatic N) is 6. The van der Waals surface area contributed by atoms with E-state index in [0.717, 1.165) is 5.71 Å². The van der Waals surface area contributed by atoms with Crippen LogP contribution in [0.3, 0.4) is 0 Å². The molecular formula is C16H23N6O4+. The third kappa shape index (κ3) is 2.56. The van der Waals surface area contributed by atoms with E-state index in [1.807, 2.05) is 25.3 Å². The Bertz CT molecular complexity index is 771. The second-order valence-corrected chi connectivity index (χ2v) is 6.46. The zero-order valence-corrected chi connectivity index (χ0v) is 15.6. The Morgan fingerprint density at radius 2 is 2.04 bits per heavy atom. The Morgan fingerprint density at radius 3 is 2.65 bits per heavy atom. The SMILES string of the molecule is CCCN1C(=O)C2C(=NC3=[N+]2C(C)C(C)=NN3CC(=O)OC)N(C)C1=O. The van der Waals surface area contributed by atoms with E-state index >= 15 is 0 Å². The number of likely N-dealkylation sites (N-methyl/N-ethyl adjacent to an activating group) is 1. The van der Waals surface area contributed by atoms with Crippen molar-refractivity contribution in [1.82, 2.24) is 14.8 Å².